The van der Waals surface area contributed by atoms with Crippen molar-refractivity contribution in [3.05, 3.63) is 41.2 Å². The predicted molar refractivity (Wildman–Crippen MR) is 181 cm³/mol. The highest BCUT2D eigenvalue weighted by Gasteiger charge is 2.56. The van der Waals surface area contributed by atoms with Crippen molar-refractivity contribution in [1.82, 2.24) is 20.6 Å². The summed E-state index contributed by atoms with van der Waals surface area (Å²) in [4.78, 5) is 37.1. The molecule has 1 aromatic heterocycles. The Bertz CT molecular complexity index is 1590. The van der Waals surface area contributed by atoms with E-state index in [-0.39, 0.29) is 23.2 Å². The number of rotatable bonds is 8. The lowest BCUT2D eigenvalue weighted by Gasteiger charge is -2.53. The molecule has 50 heavy (non-hydrogen) atoms. The SMILES string of the molecule is CC1CC2CC(C)C(NC(=O)c3cnc(N4CC5(CCNCC5)c5cc(OCCC6CCOCC6)ccc54)nc3C(F)(F)F)(C(N)=O)C(C1)C2. The number of halogens is 3. The molecular weight excluding hydrogens is 649 g/mol. The summed E-state index contributed by atoms with van der Waals surface area (Å²) in [5, 5.41) is 6.15. The van der Waals surface area contributed by atoms with Crippen molar-refractivity contribution in [3.63, 3.8) is 0 Å². The van der Waals surface area contributed by atoms with Crippen molar-refractivity contribution in [1.29, 1.82) is 0 Å². The number of benzene rings is 1. The molecule has 272 valence electrons. The molecule has 2 aromatic rings. The van der Waals surface area contributed by atoms with Gasteiger partial charge in [-0.3, -0.25) is 9.59 Å². The van der Waals surface area contributed by atoms with Gasteiger partial charge in [0.15, 0.2) is 5.69 Å². The second-order valence-electron chi connectivity index (χ2n) is 15.6. The molecule has 2 aliphatic carbocycles. The maximum atomic E-state index is 14.8. The van der Waals surface area contributed by atoms with Gasteiger partial charge in [-0.1, -0.05) is 13.8 Å². The molecule has 10 nitrogen and oxygen atoms in total. The summed E-state index contributed by atoms with van der Waals surface area (Å²) in [6, 6.07) is 5.77. The fraction of sp³-hybridized carbons (Fsp3) is 0.676. The minimum atomic E-state index is -4.95. The second-order valence-corrected chi connectivity index (χ2v) is 15.6. The van der Waals surface area contributed by atoms with Gasteiger partial charge in [-0.2, -0.15) is 13.2 Å². The van der Waals surface area contributed by atoms with Gasteiger partial charge in [-0.25, -0.2) is 9.97 Å². The Labute approximate surface area is 291 Å². The summed E-state index contributed by atoms with van der Waals surface area (Å²) in [5.74, 6) is -0.437. The normalized spacial score (nSPS) is 29.4. The first kappa shape index (κ1) is 35.0. The highest BCUT2D eigenvalue weighted by Crippen LogP contribution is 2.51. The number of carbonyl (C=O) groups is 2. The zero-order valence-corrected chi connectivity index (χ0v) is 29.0. The fourth-order valence-electron chi connectivity index (χ4n) is 9.90. The first-order valence-electron chi connectivity index (χ1n) is 18.3. The summed E-state index contributed by atoms with van der Waals surface area (Å²) < 4.78 is 56.0. The second kappa shape index (κ2) is 13.6. The third-order valence-corrected chi connectivity index (χ3v) is 12.4. The number of hydrogen-bond donors (Lipinski definition) is 3. The Balaban J connectivity index is 1.18. The van der Waals surface area contributed by atoms with E-state index in [2.05, 4.69) is 27.5 Å². The molecule has 2 bridgehead atoms. The zero-order valence-electron chi connectivity index (χ0n) is 29.0. The summed E-state index contributed by atoms with van der Waals surface area (Å²) in [6.07, 6.45) is 3.66. The molecule has 4 N–H and O–H groups in total. The monoisotopic (exact) mass is 698 g/mol. The van der Waals surface area contributed by atoms with Crippen molar-refractivity contribution in [2.45, 2.75) is 88.8 Å². The fourth-order valence-corrected chi connectivity index (χ4v) is 9.90. The number of nitrogens with two attached hydrogens (primary N) is 1. The topological polar surface area (TPSA) is 132 Å². The van der Waals surface area contributed by atoms with Crippen LogP contribution in [0.2, 0.25) is 0 Å². The number of ether oxygens (including phenoxy) is 2. The van der Waals surface area contributed by atoms with E-state index in [9.17, 15) is 22.8 Å². The molecule has 4 heterocycles. The number of amides is 2. The van der Waals surface area contributed by atoms with E-state index in [0.717, 1.165) is 88.0 Å². The molecule has 2 saturated carbocycles. The van der Waals surface area contributed by atoms with Gasteiger partial charge in [-0.15, -0.1) is 0 Å². The van der Waals surface area contributed by atoms with E-state index in [0.29, 0.717) is 50.2 Å². The summed E-state index contributed by atoms with van der Waals surface area (Å²) in [6.45, 7) is 8.06. The quantitative estimate of drug-likeness (QED) is 0.329. The molecule has 1 spiro atoms. The number of piperidine rings is 1. The molecule has 3 aliphatic heterocycles. The van der Waals surface area contributed by atoms with Crippen LogP contribution >= 0.6 is 0 Å². The summed E-state index contributed by atoms with van der Waals surface area (Å²) >= 11 is 0. The van der Waals surface area contributed by atoms with Crippen molar-refractivity contribution in [2.24, 2.45) is 35.3 Å². The number of nitrogens with zero attached hydrogens (tertiary/aromatic N) is 3. The van der Waals surface area contributed by atoms with Gasteiger partial charge in [0.05, 0.1) is 12.2 Å². The number of carbonyl (C=O) groups excluding carboxylic acids is 2. The Morgan fingerprint density at radius 1 is 1.12 bits per heavy atom. The van der Waals surface area contributed by atoms with Crippen molar-refractivity contribution < 1.29 is 32.2 Å². The van der Waals surface area contributed by atoms with Crippen LogP contribution in [0.3, 0.4) is 0 Å². The standard InChI is InChI=1S/C37H49F3N6O4/c1-22-15-25-17-23(2)36(33(41)48,26(16-22)18-25)45-32(47)28-20-43-34(44-31(28)37(38,39)40)46-21-35(8-10-42-11-9-35)29-19-27(3-4-30(29)46)50-14-7-24-5-12-49-13-6-24/h3-4,19-20,22-26,42H,5-18,21H2,1-2H3,(H2,41,48)(H,45,47). The Kier molecular flexibility index (Phi) is 9.51. The molecule has 2 amide bonds. The number of aromatic nitrogens is 2. The van der Waals surface area contributed by atoms with E-state index < -0.39 is 34.8 Å². The van der Waals surface area contributed by atoms with Gasteiger partial charge < -0.3 is 30.7 Å². The molecule has 13 heteroatoms. The van der Waals surface area contributed by atoms with Gasteiger partial charge in [-0.05, 0) is 124 Å². The van der Waals surface area contributed by atoms with Crippen LogP contribution in [-0.2, 0) is 21.1 Å². The van der Waals surface area contributed by atoms with E-state index in [1.807, 2.05) is 25.1 Å². The van der Waals surface area contributed by atoms with Gasteiger partial charge in [0.2, 0.25) is 11.9 Å². The molecule has 5 aliphatic rings. The number of alkyl halides is 3. The summed E-state index contributed by atoms with van der Waals surface area (Å²) in [5.41, 5.74) is 3.90. The maximum absolute atomic E-state index is 14.8. The number of anilines is 2. The van der Waals surface area contributed by atoms with Gasteiger partial charge in [0, 0.05) is 37.1 Å². The van der Waals surface area contributed by atoms with Crippen LogP contribution in [0.5, 0.6) is 5.75 Å². The highest BCUT2D eigenvalue weighted by atomic mass is 19.4. The van der Waals surface area contributed by atoms with Crippen molar-refractivity contribution in [2.75, 3.05) is 44.4 Å². The Morgan fingerprint density at radius 2 is 1.88 bits per heavy atom. The highest BCUT2D eigenvalue weighted by molar-refractivity contribution is 6.00. The third kappa shape index (κ3) is 6.44. The average Bonchev–Trinajstić information content (AvgIpc) is 3.38. The molecule has 2 saturated heterocycles. The molecule has 4 fully saturated rings. The van der Waals surface area contributed by atoms with E-state index in [4.69, 9.17) is 15.2 Å². The number of fused-ring (bicyclic) bond motifs is 4. The molecule has 5 unspecified atom stereocenters. The van der Waals surface area contributed by atoms with E-state index >= 15 is 0 Å². The van der Waals surface area contributed by atoms with Crippen LogP contribution in [-0.4, -0.2) is 66.8 Å². The van der Waals surface area contributed by atoms with Crippen LogP contribution in [0, 0.1) is 29.6 Å². The van der Waals surface area contributed by atoms with E-state index in [1.165, 1.54) is 0 Å². The number of hydrogen-bond acceptors (Lipinski definition) is 8. The molecule has 5 atom stereocenters. The molecule has 1 aromatic carbocycles. The lowest BCUT2D eigenvalue weighted by Crippen LogP contribution is -2.68. The third-order valence-electron chi connectivity index (χ3n) is 12.4. The van der Waals surface area contributed by atoms with Gasteiger partial charge in [0.1, 0.15) is 11.3 Å². The van der Waals surface area contributed by atoms with E-state index in [1.54, 1.807) is 4.90 Å². The summed E-state index contributed by atoms with van der Waals surface area (Å²) in [7, 11) is 0. The van der Waals surface area contributed by atoms with Crippen LogP contribution in [0.25, 0.3) is 0 Å². The number of nitrogens with one attached hydrogen (secondary N) is 2. The van der Waals surface area contributed by atoms with Gasteiger partial charge >= 0.3 is 6.18 Å². The zero-order chi connectivity index (χ0) is 35.3. The largest absolute Gasteiger partial charge is 0.494 e. The average molecular weight is 699 g/mol. The molecule has 0 radical (unpaired) electrons. The van der Waals surface area contributed by atoms with Gasteiger partial charge in [0.25, 0.3) is 5.91 Å². The minimum absolute atomic E-state index is 0.127. The number of primary amides is 1. The Morgan fingerprint density at radius 3 is 2.60 bits per heavy atom. The van der Waals surface area contributed by atoms with Crippen molar-refractivity contribution >= 4 is 23.5 Å². The first-order valence-corrected chi connectivity index (χ1v) is 18.3. The maximum Gasteiger partial charge on any atom is 0.434 e. The first-order chi connectivity index (χ1) is 23.9. The van der Waals surface area contributed by atoms with Crippen LogP contribution < -0.4 is 26.0 Å². The Hall–Kier alpha value is -3.45. The predicted octanol–water partition coefficient (Wildman–Crippen LogP) is 5.51. The molecular formula is C37H49F3N6O4. The van der Waals surface area contributed by atoms with Crippen LogP contribution in [0.4, 0.5) is 24.8 Å². The smallest absolute Gasteiger partial charge is 0.434 e. The van der Waals surface area contributed by atoms with Crippen molar-refractivity contribution in [3.8, 4) is 5.75 Å². The molecule has 7 rings (SSSR count). The van der Waals surface area contributed by atoms with Crippen LogP contribution in [0.15, 0.2) is 24.4 Å². The lowest BCUT2D eigenvalue weighted by molar-refractivity contribution is -0.141. The lowest BCUT2D eigenvalue weighted by atomic mass is 9.56. The van der Waals surface area contributed by atoms with Crippen LogP contribution in [0.1, 0.15) is 93.3 Å². The minimum Gasteiger partial charge on any atom is -0.494 e.